The van der Waals surface area contributed by atoms with Gasteiger partial charge in [0, 0.05) is 18.2 Å². The van der Waals surface area contributed by atoms with Gasteiger partial charge in [-0.3, -0.25) is 4.79 Å². The first-order valence-electron chi connectivity index (χ1n) is 6.62. The van der Waals surface area contributed by atoms with E-state index < -0.39 is 0 Å². The SMILES string of the molecule is CCC(CSC)NC(=O)c1cc(C)c(C#CCCO)s1. The van der Waals surface area contributed by atoms with Crippen LogP contribution in [0.25, 0.3) is 0 Å². The number of carbonyl (C=O) groups is 1. The van der Waals surface area contributed by atoms with Gasteiger partial charge in [0.1, 0.15) is 0 Å². The molecule has 0 aromatic carbocycles. The fourth-order valence-electron chi connectivity index (χ4n) is 1.64. The normalized spacial score (nSPS) is 11.6. The van der Waals surface area contributed by atoms with E-state index in [4.69, 9.17) is 5.11 Å². The number of rotatable bonds is 6. The highest BCUT2D eigenvalue weighted by atomic mass is 32.2. The second-order valence-corrected chi connectivity index (χ2v) is 6.40. The first-order chi connectivity index (χ1) is 9.62. The van der Waals surface area contributed by atoms with Gasteiger partial charge in [0.15, 0.2) is 0 Å². The van der Waals surface area contributed by atoms with Crippen molar-refractivity contribution < 1.29 is 9.90 Å². The van der Waals surface area contributed by atoms with E-state index in [0.717, 1.165) is 22.6 Å². The molecule has 1 amide bonds. The van der Waals surface area contributed by atoms with Crippen molar-refractivity contribution >= 4 is 29.0 Å². The lowest BCUT2D eigenvalue weighted by Gasteiger charge is -2.14. The van der Waals surface area contributed by atoms with Gasteiger partial charge in [-0.05, 0) is 31.2 Å². The van der Waals surface area contributed by atoms with Crippen LogP contribution < -0.4 is 5.32 Å². The molecule has 110 valence electrons. The zero-order valence-corrected chi connectivity index (χ0v) is 13.8. The van der Waals surface area contributed by atoms with Gasteiger partial charge in [-0.1, -0.05) is 18.8 Å². The zero-order chi connectivity index (χ0) is 15.0. The van der Waals surface area contributed by atoms with Crippen molar-refractivity contribution in [1.29, 1.82) is 0 Å². The minimum absolute atomic E-state index is 0.0193. The molecular formula is C15H21NO2S2. The molecule has 0 spiro atoms. The lowest BCUT2D eigenvalue weighted by Crippen LogP contribution is -2.35. The van der Waals surface area contributed by atoms with E-state index in [2.05, 4.69) is 24.1 Å². The third-order valence-corrected chi connectivity index (χ3v) is 4.66. The highest BCUT2D eigenvalue weighted by molar-refractivity contribution is 7.98. The minimum atomic E-state index is -0.0193. The molecule has 20 heavy (non-hydrogen) atoms. The number of aliphatic hydroxyl groups is 1. The maximum atomic E-state index is 12.2. The summed E-state index contributed by atoms with van der Waals surface area (Å²) in [5.41, 5.74) is 1.02. The summed E-state index contributed by atoms with van der Waals surface area (Å²) in [6, 6.07) is 2.10. The number of aryl methyl sites for hydroxylation is 1. The van der Waals surface area contributed by atoms with Gasteiger partial charge >= 0.3 is 0 Å². The van der Waals surface area contributed by atoms with Crippen LogP contribution in [0, 0.1) is 18.8 Å². The lowest BCUT2D eigenvalue weighted by atomic mass is 10.2. The Bertz CT molecular complexity index is 500. The summed E-state index contributed by atoms with van der Waals surface area (Å²) in [5.74, 6) is 6.81. The van der Waals surface area contributed by atoms with E-state index in [0.29, 0.717) is 11.3 Å². The average Bonchev–Trinajstić information content (AvgIpc) is 2.80. The average molecular weight is 311 g/mol. The standard InChI is InChI=1S/C15H21NO2S2/c1-4-12(10-19-3)16-15(18)14-9-11(2)13(20-14)7-5-6-8-17/h9,12,17H,4,6,8,10H2,1-3H3,(H,16,18). The molecule has 0 aliphatic carbocycles. The highest BCUT2D eigenvalue weighted by Gasteiger charge is 2.15. The molecule has 0 aliphatic heterocycles. The van der Waals surface area contributed by atoms with Crippen LogP contribution in [0.5, 0.6) is 0 Å². The molecule has 0 fully saturated rings. The van der Waals surface area contributed by atoms with Gasteiger partial charge in [-0.25, -0.2) is 0 Å². The molecule has 0 bridgehead atoms. The third-order valence-electron chi connectivity index (χ3n) is 2.78. The summed E-state index contributed by atoms with van der Waals surface area (Å²) >= 11 is 3.15. The number of aliphatic hydroxyl groups excluding tert-OH is 1. The second-order valence-electron chi connectivity index (χ2n) is 4.43. The molecule has 5 heteroatoms. The number of thioether (sulfide) groups is 1. The summed E-state index contributed by atoms with van der Waals surface area (Å²) in [5, 5.41) is 11.8. The highest BCUT2D eigenvalue weighted by Crippen LogP contribution is 2.21. The molecule has 0 saturated carbocycles. The summed E-state index contributed by atoms with van der Waals surface area (Å²) in [7, 11) is 0. The van der Waals surface area contributed by atoms with Gasteiger partial charge in [0.2, 0.25) is 0 Å². The molecule has 2 N–H and O–H groups in total. The van der Waals surface area contributed by atoms with Gasteiger partial charge < -0.3 is 10.4 Å². The van der Waals surface area contributed by atoms with E-state index in [1.165, 1.54) is 11.3 Å². The van der Waals surface area contributed by atoms with E-state index >= 15 is 0 Å². The quantitative estimate of drug-likeness (QED) is 0.794. The van der Waals surface area contributed by atoms with Crippen LogP contribution in [0.15, 0.2) is 6.07 Å². The minimum Gasteiger partial charge on any atom is -0.395 e. The molecule has 0 radical (unpaired) electrons. The van der Waals surface area contributed by atoms with Crippen LogP contribution >= 0.6 is 23.1 Å². The van der Waals surface area contributed by atoms with Gasteiger partial charge in [-0.15, -0.1) is 11.3 Å². The molecule has 0 saturated heterocycles. The number of amides is 1. The summed E-state index contributed by atoms with van der Waals surface area (Å²) in [6.07, 6.45) is 3.43. The van der Waals surface area contributed by atoms with Crippen molar-refractivity contribution in [3.63, 3.8) is 0 Å². The van der Waals surface area contributed by atoms with Crippen LogP contribution in [-0.4, -0.2) is 35.7 Å². The Morgan fingerprint density at radius 3 is 2.95 bits per heavy atom. The number of hydrogen-bond acceptors (Lipinski definition) is 4. The maximum Gasteiger partial charge on any atom is 0.261 e. The van der Waals surface area contributed by atoms with Crippen molar-refractivity contribution in [1.82, 2.24) is 5.32 Å². The number of hydrogen-bond donors (Lipinski definition) is 2. The number of thiophene rings is 1. The van der Waals surface area contributed by atoms with E-state index in [1.807, 2.05) is 19.2 Å². The molecule has 1 aromatic rings. The Morgan fingerprint density at radius 1 is 1.60 bits per heavy atom. The van der Waals surface area contributed by atoms with Crippen molar-refractivity contribution in [2.24, 2.45) is 0 Å². The summed E-state index contributed by atoms with van der Waals surface area (Å²) in [4.78, 5) is 13.8. The Kier molecular flexibility index (Phi) is 7.75. The molecule has 3 nitrogen and oxygen atoms in total. The number of nitrogens with one attached hydrogen (secondary N) is 1. The van der Waals surface area contributed by atoms with Gasteiger partial charge in [-0.2, -0.15) is 11.8 Å². The van der Waals surface area contributed by atoms with Crippen LogP contribution in [0.3, 0.4) is 0 Å². The fraction of sp³-hybridized carbons (Fsp3) is 0.533. The Morgan fingerprint density at radius 2 is 2.35 bits per heavy atom. The Labute approximate surface area is 129 Å². The predicted molar refractivity (Wildman–Crippen MR) is 87.6 cm³/mol. The van der Waals surface area contributed by atoms with Crippen molar-refractivity contribution in [2.45, 2.75) is 32.7 Å². The molecular weight excluding hydrogens is 290 g/mol. The topological polar surface area (TPSA) is 49.3 Å². The van der Waals surface area contributed by atoms with Crippen molar-refractivity contribution in [3.05, 3.63) is 21.4 Å². The largest absolute Gasteiger partial charge is 0.395 e. The summed E-state index contributed by atoms with van der Waals surface area (Å²) < 4.78 is 0. The van der Waals surface area contributed by atoms with Crippen molar-refractivity contribution in [2.75, 3.05) is 18.6 Å². The molecule has 1 aromatic heterocycles. The molecule has 1 heterocycles. The molecule has 1 rings (SSSR count). The molecule has 1 atom stereocenters. The van der Waals surface area contributed by atoms with Gasteiger partial charge in [0.25, 0.3) is 5.91 Å². The van der Waals surface area contributed by atoms with E-state index in [1.54, 1.807) is 11.8 Å². The Balaban J connectivity index is 2.75. The van der Waals surface area contributed by atoms with E-state index in [-0.39, 0.29) is 18.6 Å². The second kappa shape index (κ2) is 9.06. The zero-order valence-electron chi connectivity index (χ0n) is 12.2. The predicted octanol–water partition coefficient (Wildman–Crippen LogP) is 2.66. The Hall–Kier alpha value is -0.960. The van der Waals surface area contributed by atoms with Crippen LogP contribution in [0.1, 0.15) is 39.9 Å². The van der Waals surface area contributed by atoms with Gasteiger partial charge in [0.05, 0.1) is 16.4 Å². The number of carbonyl (C=O) groups excluding carboxylic acids is 1. The first kappa shape index (κ1) is 17.1. The van der Waals surface area contributed by atoms with Crippen LogP contribution in [0.4, 0.5) is 0 Å². The fourth-order valence-corrected chi connectivity index (χ4v) is 3.31. The first-order valence-corrected chi connectivity index (χ1v) is 8.83. The smallest absolute Gasteiger partial charge is 0.261 e. The summed E-state index contributed by atoms with van der Waals surface area (Å²) in [6.45, 7) is 4.10. The monoisotopic (exact) mass is 311 g/mol. The molecule has 0 aliphatic rings. The molecule has 1 unspecified atom stereocenters. The van der Waals surface area contributed by atoms with Crippen LogP contribution in [-0.2, 0) is 0 Å². The maximum absolute atomic E-state index is 12.2. The third kappa shape index (κ3) is 5.20. The van der Waals surface area contributed by atoms with Crippen LogP contribution in [0.2, 0.25) is 0 Å². The lowest BCUT2D eigenvalue weighted by molar-refractivity contribution is 0.0944. The van der Waals surface area contributed by atoms with Crippen molar-refractivity contribution in [3.8, 4) is 11.8 Å². The van der Waals surface area contributed by atoms with E-state index in [9.17, 15) is 4.79 Å².